The van der Waals surface area contributed by atoms with E-state index in [4.69, 9.17) is 0 Å². The summed E-state index contributed by atoms with van der Waals surface area (Å²) in [4.78, 5) is 4.44. The van der Waals surface area contributed by atoms with Crippen molar-refractivity contribution in [2.75, 3.05) is 0 Å². The van der Waals surface area contributed by atoms with E-state index in [-0.39, 0.29) is 0 Å². The van der Waals surface area contributed by atoms with Crippen LogP contribution in [-0.2, 0) is 0 Å². The second kappa shape index (κ2) is 8.14. The fraction of sp³-hybridized carbons (Fsp3) is 0. The van der Waals surface area contributed by atoms with Gasteiger partial charge in [-0.05, 0) is 0 Å². The van der Waals surface area contributed by atoms with Gasteiger partial charge in [0.25, 0.3) is 0 Å². The Bertz CT molecular complexity index is 2120. The van der Waals surface area contributed by atoms with Gasteiger partial charge in [-0.15, -0.1) is 0 Å². The maximum absolute atomic E-state index is 4.44. The van der Waals surface area contributed by atoms with Crippen LogP contribution in [-0.4, -0.2) is 19.5 Å². The van der Waals surface area contributed by atoms with Crippen LogP contribution in [0.15, 0.2) is 128 Å². The van der Waals surface area contributed by atoms with E-state index in [0.717, 1.165) is 0 Å². The van der Waals surface area contributed by atoms with Crippen LogP contribution in [0.5, 0.6) is 0 Å². The monoisotopic (exact) mass is 535 g/mol. The molecule has 0 radical (unpaired) electrons. The molecular weight excluding hydrogens is 513 g/mol. The van der Waals surface area contributed by atoms with E-state index in [1.165, 1.54) is 73.9 Å². The topological polar surface area (TPSA) is 12.9 Å². The fourth-order valence-corrected chi connectivity index (χ4v) is 8.42. The molecule has 0 aliphatic rings. The molecule has 37 heavy (non-hydrogen) atoms. The van der Waals surface area contributed by atoms with Gasteiger partial charge in [-0.2, -0.15) is 0 Å². The molecule has 0 bridgehead atoms. The minimum atomic E-state index is 0.329. The maximum atomic E-state index is 4.44. The molecule has 0 N–H and O–H groups in total. The molecule has 172 valence electrons. The van der Waals surface area contributed by atoms with E-state index < -0.39 is 0 Å². The van der Waals surface area contributed by atoms with Gasteiger partial charge in [0.2, 0.25) is 0 Å². The molecule has 0 saturated heterocycles. The standard InChI is InChI=1S/C35H21NSe/c1-2-10-27-26(9-1)29-17-18-36-21-33(29)28-16-15-23(20-32(27)28)22-7-5-8-24(19-22)25-12-6-13-31-30-11-3-4-14-34(30)37-35(25)31/h1-21H. The van der Waals surface area contributed by atoms with E-state index >= 15 is 0 Å². The Balaban J connectivity index is 1.34. The summed E-state index contributed by atoms with van der Waals surface area (Å²) in [6.45, 7) is 0. The molecule has 2 heteroatoms. The van der Waals surface area contributed by atoms with Crippen LogP contribution in [0.3, 0.4) is 0 Å². The van der Waals surface area contributed by atoms with E-state index in [1.807, 2.05) is 12.4 Å². The second-order valence-corrected chi connectivity index (χ2v) is 11.8. The summed E-state index contributed by atoms with van der Waals surface area (Å²) >= 11 is 0.329. The molecule has 2 aromatic heterocycles. The van der Waals surface area contributed by atoms with Gasteiger partial charge < -0.3 is 0 Å². The van der Waals surface area contributed by atoms with Crippen molar-refractivity contribution < 1.29 is 0 Å². The molecule has 0 atom stereocenters. The zero-order chi connectivity index (χ0) is 24.3. The van der Waals surface area contributed by atoms with E-state index in [0.29, 0.717) is 14.5 Å². The molecule has 0 aliphatic carbocycles. The summed E-state index contributed by atoms with van der Waals surface area (Å²) in [6.07, 6.45) is 3.89. The normalized spacial score (nSPS) is 11.8. The first-order chi connectivity index (χ1) is 18.3. The van der Waals surface area contributed by atoms with Crippen LogP contribution in [0.2, 0.25) is 0 Å². The van der Waals surface area contributed by atoms with Crippen molar-refractivity contribution in [2.24, 2.45) is 0 Å². The molecule has 0 spiro atoms. The van der Waals surface area contributed by atoms with Crippen molar-refractivity contribution in [1.82, 2.24) is 4.98 Å². The van der Waals surface area contributed by atoms with Crippen molar-refractivity contribution in [3.05, 3.63) is 128 Å². The zero-order valence-corrected chi connectivity index (χ0v) is 21.7. The molecule has 2 heterocycles. The summed E-state index contributed by atoms with van der Waals surface area (Å²) < 4.78 is 2.98. The quantitative estimate of drug-likeness (QED) is 0.159. The van der Waals surface area contributed by atoms with Crippen molar-refractivity contribution in [3.8, 4) is 22.3 Å². The average Bonchev–Trinajstić information content (AvgIpc) is 3.36. The van der Waals surface area contributed by atoms with E-state index in [9.17, 15) is 0 Å². The van der Waals surface area contributed by atoms with E-state index in [1.54, 1.807) is 0 Å². The number of fused-ring (bicyclic) bond motifs is 9. The summed E-state index contributed by atoms with van der Waals surface area (Å²) in [5.74, 6) is 0. The summed E-state index contributed by atoms with van der Waals surface area (Å²) in [7, 11) is 0. The Morgan fingerprint density at radius 1 is 0.432 bits per heavy atom. The number of nitrogens with zero attached hydrogens (tertiary/aromatic N) is 1. The summed E-state index contributed by atoms with van der Waals surface area (Å²) in [5.41, 5.74) is 5.13. The van der Waals surface area contributed by atoms with Crippen LogP contribution >= 0.6 is 0 Å². The Morgan fingerprint density at radius 3 is 2.03 bits per heavy atom. The molecule has 6 aromatic carbocycles. The molecule has 8 rings (SSSR count). The van der Waals surface area contributed by atoms with Gasteiger partial charge in [-0.3, -0.25) is 0 Å². The zero-order valence-electron chi connectivity index (χ0n) is 20.0. The van der Waals surface area contributed by atoms with Gasteiger partial charge in [0.15, 0.2) is 0 Å². The molecule has 1 nitrogen and oxygen atoms in total. The van der Waals surface area contributed by atoms with Gasteiger partial charge in [0.1, 0.15) is 0 Å². The number of benzene rings is 6. The SMILES string of the molecule is c1cc(-c2ccc3c4cnccc4c4ccccc4c3c2)cc(-c2cccc3c2[se]c2ccccc23)c1. The molecule has 0 unspecified atom stereocenters. The molecule has 0 fully saturated rings. The van der Waals surface area contributed by atoms with Gasteiger partial charge in [-0.25, -0.2) is 0 Å². The van der Waals surface area contributed by atoms with Gasteiger partial charge in [-0.1, -0.05) is 0 Å². The number of hydrogen-bond donors (Lipinski definition) is 0. The minimum absolute atomic E-state index is 0.329. The average molecular weight is 535 g/mol. The Labute approximate surface area is 220 Å². The number of aromatic nitrogens is 1. The first-order valence-electron chi connectivity index (χ1n) is 12.5. The van der Waals surface area contributed by atoms with Crippen LogP contribution in [0.4, 0.5) is 0 Å². The number of pyridine rings is 1. The molecular formula is C35H21NSe. The fourth-order valence-electron chi connectivity index (χ4n) is 5.82. The third-order valence-electron chi connectivity index (χ3n) is 7.55. The Hall–Kier alpha value is -4.23. The van der Waals surface area contributed by atoms with Crippen molar-refractivity contribution in [1.29, 1.82) is 0 Å². The molecule has 0 amide bonds. The third-order valence-corrected chi connectivity index (χ3v) is 10.1. The van der Waals surface area contributed by atoms with Gasteiger partial charge in [0, 0.05) is 6.20 Å². The first kappa shape index (κ1) is 20.9. The predicted octanol–water partition coefficient (Wildman–Crippen LogP) is 9.24. The van der Waals surface area contributed by atoms with Crippen molar-refractivity contribution in [3.63, 3.8) is 0 Å². The van der Waals surface area contributed by atoms with Crippen LogP contribution in [0.25, 0.3) is 73.9 Å². The van der Waals surface area contributed by atoms with E-state index in [2.05, 4.69) is 120 Å². The molecule has 0 saturated carbocycles. The molecule has 8 aromatic rings. The van der Waals surface area contributed by atoms with Gasteiger partial charge >= 0.3 is 215 Å². The Kier molecular flexibility index (Phi) is 4.60. The van der Waals surface area contributed by atoms with Gasteiger partial charge in [0.05, 0.1) is 0 Å². The van der Waals surface area contributed by atoms with Crippen LogP contribution in [0, 0.1) is 0 Å². The van der Waals surface area contributed by atoms with Crippen LogP contribution in [0.1, 0.15) is 0 Å². The number of hydrogen-bond acceptors (Lipinski definition) is 1. The predicted molar refractivity (Wildman–Crippen MR) is 160 cm³/mol. The molecule has 0 aliphatic heterocycles. The second-order valence-electron chi connectivity index (χ2n) is 9.59. The van der Waals surface area contributed by atoms with Crippen molar-refractivity contribution >= 4 is 66.1 Å². The summed E-state index contributed by atoms with van der Waals surface area (Å²) in [5, 5.41) is 10.4. The third kappa shape index (κ3) is 3.20. The number of rotatable bonds is 2. The van der Waals surface area contributed by atoms with Crippen molar-refractivity contribution in [2.45, 2.75) is 0 Å². The first-order valence-corrected chi connectivity index (χ1v) is 14.3. The summed E-state index contributed by atoms with van der Waals surface area (Å²) in [6, 6.07) is 42.5. The Morgan fingerprint density at radius 2 is 1.11 bits per heavy atom. The van der Waals surface area contributed by atoms with Crippen LogP contribution < -0.4 is 0 Å².